The number of nitrogens with zero attached hydrogens (tertiary/aromatic N) is 4. The third-order valence-corrected chi connectivity index (χ3v) is 7.01. The number of nitrogens with one attached hydrogen (secondary N) is 2. The van der Waals surface area contributed by atoms with Gasteiger partial charge in [0.05, 0.1) is 18.9 Å². The lowest BCUT2D eigenvalue weighted by atomic mass is 9.99. The summed E-state index contributed by atoms with van der Waals surface area (Å²) in [5.41, 5.74) is 5.84. The average Bonchev–Trinajstić information content (AvgIpc) is 3.53. The number of benzene rings is 1. The number of aromatic nitrogens is 3. The lowest BCUT2D eigenvalue weighted by Crippen LogP contribution is -2.36. The van der Waals surface area contributed by atoms with Crippen molar-refractivity contribution in [1.82, 2.24) is 20.1 Å². The van der Waals surface area contributed by atoms with Crippen molar-refractivity contribution in [2.45, 2.75) is 32.9 Å². The average molecular weight is 529 g/mol. The van der Waals surface area contributed by atoms with Gasteiger partial charge in [-0.25, -0.2) is 9.78 Å². The molecule has 2 aromatic heterocycles. The van der Waals surface area contributed by atoms with Crippen molar-refractivity contribution in [3.8, 4) is 22.5 Å². The third-order valence-electron chi connectivity index (χ3n) is 7.01. The number of hydrogen-bond donors (Lipinski definition) is 2. The van der Waals surface area contributed by atoms with Crippen LogP contribution >= 0.6 is 0 Å². The van der Waals surface area contributed by atoms with Crippen LogP contribution in [0.15, 0.2) is 36.4 Å². The van der Waals surface area contributed by atoms with Crippen molar-refractivity contribution in [2.24, 2.45) is 5.92 Å². The van der Waals surface area contributed by atoms with Crippen LogP contribution in [0.1, 0.15) is 24.1 Å². The zero-order valence-corrected chi connectivity index (χ0v) is 21.4. The first-order chi connectivity index (χ1) is 18.1. The van der Waals surface area contributed by atoms with Gasteiger partial charge in [0.25, 0.3) is 0 Å². The van der Waals surface area contributed by atoms with Gasteiger partial charge in [-0.1, -0.05) is 6.07 Å². The van der Waals surface area contributed by atoms with E-state index in [0.717, 1.165) is 52.7 Å². The summed E-state index contributed by atoms with van der Waals surface area (Å²) in [6.45, 7) is 7.06. The Kier molecular flexibility index (Phi) is 7.29. The van der Waals surface area contributed by atoms with E-state index in [1.807, 2.05) is 50.2 Å². The number of carbonyl (C=O) groups excluding carboxylic acids is 1. The fourth-order valence-electron chi connectivity index (χ4n) is 5.03. The molecule has 8 nitrogen and oxygen atoms in total. The van der Waals surface area contributed by atoms with E-state index in [2.05, 4.69) is 20.4 Å². The number of carbonyl (C=O) groups is 1. The number of anilines is 2. The summed E-state index contributed by atoms with van der Waals surface area (Å²) >= 11 is 0. The molecule has 11 heteroatoms. The molecule has 0 radical (unpaired) electrons. The minimum Gasteiger partial charge on any atom is -0.378 e. The number of urea groups is 1. The predicted molar refractivity (Wildman–Crippen MR) is 139 cm³/mol. The summed E-state index contributed by atoms with van der Waals surface area (Å²) in [5.74, 6) is 0.261. The number of pyridine rings is 1. The van der Waals surface area contributed by atoms with Crippen molar-refractivity contribution in [3.05, 3.63) is 47.7 Å². The number of amides is 2. The van der Waals surface area contributed by atoms with Gasteiger partial charge < -0.3 is 19.9 Å². The molecular weight excluding hydrogens is 497 g/mol. The minimum atomic E-state index is -4.22. The van der Waals surface area contributed by atoms with E-state index < -0.39 is 18.5 Å². The Labute approximate surface area is 219 Å². The Morgan fingerprint density at radius 3 is 2.61 bits per heavy atom. The van der Waals surface area contributed by atoms with Crippen LogP contribution < -0.4 is 10.2 Å². The maximum atomic E-state index is 12.9. The highest BCUT2D eigenvalue weighted by Gasteiger charge is 2.36. The minimum absolute atomic E-state index is 0.101. The Bertz CT molecular complexity index is 1300. The molecule has 3 aromatic rings. The van der Waals surface area contributed by atoms with E-state index in [9.17, 15) is 18.0 Å². The third kappa shape index (κ3) is 6.09. The first kappa shape index (κ1) is 26.0. The maximum absolute atomic E-state index is 12.9. The molecule has 2 aliphatic heterocycles. The first-order valence-corrected chi connectivity index (χ1v) is 12.8. The van der Waals surface area contributed by atoms with Gasteiger partial charge in [-0.3, -0.25) is 5.10 Å². The normalized spacial score (nSPS) is 18.2. The van der Waals surface area contributed by atoms with Crippen LogP contribution in [0.25, 0.3) is 22.5 Å². The van der Waals surface area contributed by atoms with E-state index in [0.29, 0.717) is 31.9 Å². The molecule has 2 aliphatic rings. The number of ether oxygens (including phenoxy) is 1. The van der Waals surface area contributed by atoms with Crippen molar-refractivity contribution in [1.29, 1.82) is 0 Å². The van der Waals surface area contributed by atoms with Crippen molar-refractivity contribution in [3.63, 3.8) is 0 Å². The second-order valence-electron chi connectivity index (χ2n) is 10.0. The van der Waals surface area contributed by atoms with E-state index in [-0.39, 0.29) is 12.6 Å². The standard InChI is InChI=1S/C27H31F3N6O2/c1-17-3-4-21(31-26(37)36-6-5-19(16-36)15-27(28,29)30)14-22(17)20-12-23(24-11-18(2)33-34-24)32-25(13-20)35-7-9-38-10-8-35/h3-4,11-14,19H,5-10,15-16H2,1-2H3,(H,31,37)(H,33,34)/t19-/m0/s1. The lowest BCUT2D eigenvalue weighted by Gasteiger charge is -2.28. The summed E-state index contributed by atoms with van der Waals surface area (Å²) in [6, 6.07) is 11.2. The zero-order chi connectivity index (χ0) is 26.9. The Hall–Kier alpha value is -3.60. The van der Waals surface area contributed by atoms with Gasteiger partial charge in [0.1, 0.15) is 11.5 Å². The van der Waals surface area contributed by atoms with Crippen LogP contribution in [-0.4, -0.2) is 71.7 Å². The van der Waals surface area contributed by atoms with E-state index in [1.165, 1.54) is 4.90 Å². The molecular formula is C27H31F3N6O2. The van der Waals surface area contributed by atoms with Gasteiger partial charge in [0, 0.05) is 44.0 Å². The number of aromatic amines is 1. The van der Waals surface area contributed by atoms with E-state index >= 15 is 0 Å². The summed E-state index contributed by atoms with van der Waals surface area (Å²) < 4.78 is 43.8. The maximum Gasteiger partial charge on any atom is 0.389 e. The van der Waals surface area contributed by atoms with Crippen LogP contribution in [-0.2, 0) is 4.74 Å². The summed E-state index contributed by atoms with van der Waals surface area (Å²) in [7, 11) is 0. The largest absolute Gasteiger partial charge is 0.389 e. The molecule has 202 valence electrons. The number of aryl methyl sites for hydroxylation is 2. The highest BCUT2D eigenvalue weighted by molar-refractivity contribution is 5.91. The molecule has 2 amide bonds. The molecule has 0 spiro atoms. The van der Waals surface area contributed by atoms with Gasteiger partial charge in [-0.15, -0.1) is 0 Å². The SMILES string of the molecule is Cc1cc(-c2cc(-c3cc(NC(=O)N4CC[C@@H](CC(F)(F)F)C4)ccc3C)cc(N3CCOCC3)n2)n[nH]1. The monoisotopic (exact) mass is 528 g/mol. The smallest absolute Gasteiger partial charge is 0.378 e. The van der Waals surface area contributed by atoms with Crippen molar-refractivity contribution >= 4 is 17.5 Å². The van der Waals surface area contributed by atoms with Crippen LogP contribution in [0.3, 0.4) is 0 Å². The van der Waals surface area contributed by atoms with Crippen LogP contribution in [0.2, 0.25) is 0 Å². The van der Waals surface area contributed by atoms with Gasteiger partial charge in [0.2, 0.25) is 0 Å². The topological polar surface area (TPSA) is 86.4 Å². The van der Waals surface area contributed by atoms with E-state index in [1.54, 1.807) is 0 Å². The number of likely N-dealkylation sites (tertiary alicyclic amines) is 1. The molecule has 0 bridgehead atoms. The summed E-state index contributed by atoms with van der Waals surface area (Å²) in [6.07, 6.45) is -4.74. The Balaban J connectivity index is 1.41. The van der Waals surface area contributed by atoms with Gasteiger partial charge in [-0.05, 0) is 73.2 Å². The number of H-pyrrole nitrogens is 1. The number of rotatable bonds is 5. The number of halogens is 3. The molecule has 0 unspecified atom stereocenters. The second-order valence-corrected chi connectivity index (χ2v) is 10.0. The molecule has 0 saturated carbocycles. The molecule has 4 heterocycles. The first-order valence-electron chi connectivity index (χ1n) is 12.8. The highest BCUT2D eigenvalue weighted by atomic mass is 19.4. The van der Waals surface area contributed by atoms with Crippen LogP contribution in [0.5, 0.6) is 0 Å². The Morgan fingerprint density at radius 2 is 1.89 bits per heavy atom. The van der Waals surface area contributed by atoms with Crippen LogP contribution in [0.4, 0.5) is 29.5 Å². The van der Waals surface area contributed by atoms with Gasteiger partial charge in [-0.2, -0.15) is 18.3 Å². The molecule has 38 heavy (non-hydrogen) atoms. The molecule has 0 aliphatic carbocycles. The number of alkyl halides is 3. The number of hydrogen-bond acceptors (Lipinski definition) is 5. The molecule has 1 aromatic carbocycles. The Morgan fingerprint density at radius 1 is 1.11 bits per heavy atom. The highest BCUT2D eigenvalue weighted by Crippen LogP contribution is 2.34. The zero-order valence-electron chi connectivity index (χ0n) is 21.4. The van der Waals surface area contributed by atoms with Gasteiger partial charge in [0.15, 0.2) is 0 Å². The fraction of sp³-hybridized carbons (Fsp3) is 0.444. The molecule has 2 fully saturated rings. The van der Waals surface area contributed by atoms with Gasteiger partial charge >= 0.3 is 12.2 Å². The van der Waals surface area contributed by atoms with Crippen molar-refractivity contribution in [2.75, 3.05) is 49.6 Å². The summed E-state index contributed by atoms with van der Waals surface area (Å²) in [5, 5.41) is 10.2. The quantitative estimate of drug-likeness (QED) is 0.463. The van der Waals surface area contributed by atoms with Crippen LogP contribution in [0, 0.1) is 19.8 Å². The molecule has 5 rings (SSSR count). The second kappa shape index (κ2) is 10.6. The molecule has 2 saturated heterocycles. The molecule has 1 atom stereocenters. The lowest BCUT2D eigenvalue weighted by molar-refractivity contribution is -0.143. The number of morpholine rings is 1. The fourth-order valence-corrected chi connectivity index (χ4v) is 5.03. The summed E-state index contributed by atoms with van der Waals surface area (Å²) in [4.78, 5) is 21.4. The van der Waals surface area contributed by atoms with Crippen molar-refractivity contribution < 1.29 is 22.7 Å². The van der Waals surface area contributed by atoms with E-state index in [4.69, 9.17) is 9.72 Å². The molecule has 2 N–H and O–H groups in total. The predicted octanol–water partition coefficient (Wildman–Crippen LogP) is 5.40.